The summed E-state index contributed by atoms with van der Waals surface area (Å²) in [5.41, 5.74) is -0.535. The van der Waals surface area contributed by atoms with Crippen LogP contribution in [0.5, 0.6) is 0 Å². The van der Waals surface area contributed by atoms with Crippen LogP contribution in [0.1, 0.15) is 56.9 Å². The van der Waals surface area contributed by atoms with Gasteiger partial charge in [0, 0.05) is 31.4 Å². The molecular weight excluding hydrogens is 477 g/mol. The van der Waals surface area contributed by atoms with Crippen molar-refractivity contribution in [3.63, 3.8) is 0 Å². The molecule has 1 aliphatic heterocycles. The van der Waals surface area contributed by atoms with Crippen molar-refractivity contribution < 1.29 is 31.6 Å². The molecule has 2 aliphatic rings. The highest BCUT2D eigenvalue weighted by atomic mass is 32.2. The first-order chi connectivity index (χ1) is 16.3. The smallest absolute Gasteiger partial charge is 0.410 e. The summed E-state index contributed by atoms with van der Waals surface area (Å²) >= 11 is 0. The van der Waals surface area contributed by atoms with Gasteiger partial charge in [-0.2, -0.15) is 0 Å². The van der Waals surface area contributed by atoms with Gasteiger partial charge in [-0.25, -0.2) is 22.6 Å². The molecule has 1 aromatic carbocycles. The number of ether oxygens (including phenoxy) is 1. The monoisotopic (exact) mass is 507 g/mol. The van der Waals surface area contributed by atoms with Crippen LogP contribution in [0.3, 0.4) is 0 Å². The van der Waals surface area contributed by atoms with E-state index in [1.165, 1.54) is 18.4 Å². The molecule has 35 heavy (non-hydrogen) atoms. The quantitative estimate of drug-likeness (QED) is 0.604. The zero-order chi connectivity index (χ0) is 25.5. The molecular formula is C24H30FN3O6S. The third-order valence-corrected chi connectivity index (χ3v) is 7.12. The first-order valence-electron chi connectivity index (χ1n) is 11.6. The highest BCUT2D eigenvalue weighted by Crippen LogP contribution is 2.34. The van der Waals surface area contributed by atoms with Crippen molar-refractivity contribution >= 4 is 21.8 Å². The molecule has 0 radical (unpaired) electrons. The fraction of sp³-hybridized carbons (Fsp3) is 0.542. The van der Waals surface area contributed by atoms with E-state index in [1.54, 1.807) is 4.90 Å². The first-order valence-corrected chi connectivity index (χ1v) is 13.5. The summed E-state index contributed by atoms with van der Waals surface area (Å²) in [7, 11) is -3.56. The van der Waals surface area contributed by atoms with E-state index in [9.17, 15) is 22.4 Å². The largest absolute Gasteiger partial charge is 0.444 e. The maximum absolute atomic E-state index is 14.6. The number of amides is 2. The number of piperidine rings is 1. The molecule has 1 aromatic heterocycles. The minimum Gasteiger partial charge on any atom is -0.444 e. The fourth-order valence-corrected chi connectivity index (χ4v) is 4.80. The van der Waals surface area contributed by atoms with Crippen molar-refractivity contribution in [2.75, 3.05) is 19.3 Å². The van der Waals surface area contributed by atoms with Crippen LogP contribution >= 0.6 is 0 Å². The highest BCUT2D eigenvalue weighted by Gasteiger charge is 2.40. The van der Waals surface area contributed by atoms with Gasteiger partial charge < -0.3 is 19.0 Å². The Bertz CT molecular complexity index is 1220. The van der Waals surface area contributed by atoms with E-state index in [4.69, 9.17) is 9.15 Å². The van der Waals surface area contributed by atoms with E-state index in [1.807, 2.05) is 25.7 Å². The molecule has 9 nitrogen and oxygen atoms in total. The van der Waals surface area contributed by atoms with Crippen molar-refractivity contribution in [3.8, 4) is 11.5 Å². The Hall–Kier alpha value is -2.95. The standard InChI is InChI=1S/C24H30FN3O6S/c1-24(2,3)34-23(30)27-11-9-16(10-12-27)28(15-5-6-15)22(29)20-14-33-21(26-20)18-8-7-17(13-19(18)25)35(4,31)32/h7-8,13-16H,5-6,9-12H2,1-4H3. The Morgan fingerprint density at radius 1 is 1.14 bits per heavy atom. The Labute approximate surface area is 204 Å². The molecule has 0 bridgehead atoms. The van der Waals surface area contributed by atoms with Gasteiger partial charge in [-0.1, -0.05) is 0 Å². The normalized spacial score (nSPS) is 17.3. The summed E-state index contributed by atoms with van der Waals surface area (Å²) in [6.45, 7) is 6.44. The van der Waals surface area contributed by atoms with E-state index in [-0.39, 0.29) is 46.1 Å². The van der Waals surface area contributed by atoms with Crippen molar-refractivity contribution in [2.45, 2.75) is 69.0 Å². The maximum atomic E-state index is 14.6. The van der Waals surface area contributed by atoms with Gasteiger partial charge in [0.15, 0.2) is 15.5 Å². The van der Waals surface area contributed by atoms with Crippen LogP contribution < -0.4 is 0 Å². The molecule has 1 saturated carbocycles. The summed E-state index contributed by atoms with van der Waals surface area (Å²) < 4.78 is 48.7. The van der Waals surface area contributed by atoms with E-state index in [2.05, 4.69) is 4.98 Å². The van der Waals surface area contributed by atoms with E-state index >= 15 is 0 Å². The summed E-state index contributed by atoms with van der Waals surface area (Å²) in [5, 5.41) is 0. The lowest BCUT2D eigenvalue weighted by atomic mass is 10.0. The predicted octanol–water partition coefficient (Wildman–Crippen LogP) is 3.89. The number of likely N-dealkylation sites (tertiary alicyclic amines) is 1. The van der Waals surface area contributed by atoms with E-state index in [0.717, 1.165) is 25.2 Å². The number of benzene rings is 1. The van der Waals surface area contributed by atoms with Gasteiger partial charge >= 0.3 is 6.09 Å². The van der Waals surface area contributed by atoms with E-state index in [0.29, 0.717) is 25.9 Å². The molecule has 2 fully saturated rings. The van der Waals surface area contributed by atoms with Crippen molar-refractivity contribution in [1.82, 2.24) is 14.8 Å². The van der Waals surface area contributed by atoms with Crippen LogP contribution in [0.25, 0.3) is 11.5 Å². The third kappa shape index (κ3) is 5.83. The van der Waals surface area contributed by atoms with Gasteiger partial charge in [-0.3, -0.25) is 4.79 Å². The van der Waals surface area contributed by atoms with Crippen molar-refractivity contribution in [1.29, 1.82) is 0 Å². The Morgan fingerprint density at radius 3 is 2.31 bits per heavy atom. The van der Waals surface area contributed by atoms with Gasteiger partial charge in [0.1, 0.15) is 17.7 Å². The van der Waals surface area contributed by atoms with Crippen LogP contribution in [0.4, 0.5) is 9.18 Å². The van der Waals surface area contributed by atoms with Crippen LogP contribution in [-0.4, -0.2) is 72.2 Å². The van der Waals surface area contributed by atoms with Crippen LogP contribution in [0, 0.1) is 5.82 Å². The lowest BCUT2D eigenvalue weighted by Crippen LogP contribution is -2.50. The van der Waals surface area contributed by atoms with Crippen LogP contribution in [0.15, 0.2) is 33.8 Å². The highest BCUT2D eigenvalue weighted by molar-refractivity contribution is 7.90. The molecule has 11 heteroatoms. The summed E-state index contributed by atoms with van der Waals surface area (Å²) in [5.74, 6) is -1.20. The number of rotatable bonds is 5. The lowest BCUT2D eigenvalue weighted by Gasteiger charge is -2.38. The average Bonchev–Trinajstić information content (AvgIpc) is 3.47. The first kappa shape index (κ1) is 25.2. The molecule has 1 saturated heterocycles. The summed E-state index contributed by atoms with van der Waals surface area (Å²) in [6, 6.07) is 3.50. The molecule has 190 valence electrons. The lowest BCUT2D eigenvalue weighted by molar-refractivity contribution is 0.0141. The summed E-state index contributed by atoms with van der Waals surface area (Å²) in [4.78, 5) is 33.3. The van der Waals surface area contributed by atoms with Crippen LogP contribution in [-0.2, 0) is 14.6 Å². The number of carbonyl (C=O) groups is 2. The summed E-state index contributed by atoms with van der Waals surface area (Å²) in [6.07, 6.45) is 4.86. The second-order valence-corrected chi connectivity index (χ2v) is 12.1. The number of sulfone groups is 1. The van der Waals surface area contributed by atoms with Crippen molar-refractivity contribution in [3.05, 3.63) is 36.0 Å². The molecule has 0 N–H and O–H groups in total. The number of aromatic nitrogens is 1. The molecule has 2 amide bonds. The number of hydrogen-bond donors (Lipinski definition) is 0. The fourth-order valence-electron chi connectivity index (χ4n) is 4.16. The number of halogens is 1. The Balaban J connectivity index is 1.47. The Kier molecular flexibility index (Phi) is 6.65. The topological polar surface area (TPSA) is 110 Å². The van der Waals surface area contributed by atoms with Gasteiger partial charge in [0.2, 0.25) is 5.89 Å². The molecule has 0 atom stereocenters. The predicted molar refractivity (Wildman–Crippen MR) is 125 cm³/mol. The zero-order valence-corrected chi connectivity index (χ0v) is 21.1. The maximum Gasteiger partial charge on any atom is 0.410 e. The second kappa shape index (κ2) is 9.25. The molecule has 0 spiro atoms. The van der Waals surface area contributed by atoms with Gasteiger partial charge in [0.25, 0.3) is 5.91 Å². The average molecular weight is 508 g/mol. The number of hydrogen-bond acceptors (Lipinski definition) is 7. The molecule has 1 aliphatic carbocycles. The van der Waals surface area contributed by atoms with Crippen molar-refractivity contribution in [2.24, 2.45) is 0 Å². The number of nitrogens with zero attached hydrogens (tertiary/aromatic N) is 3. The van der Waals surface area contributed by atoms with Gasteiger partial charge in [0.05, 0.1) is 10.5 Å². The Morgan fingerprint density at radius 2 is 1.77 bits per heavy atom. The molecule has 0 unspecified atom stereocenters. The molecule has 2 aromatic rings. The molecule has 2 heterocycles. The van der Waals surface area contributed by atoms with Gasteiger partial charge in [-0.15, -0.1) is 0 Å². The van der Waals surface area contributed by atoms with E-state index < -0.39 is 21.3 Å². The third-order valence-electron chi connectivity index (χ3n) is 6.01. The SMILES string of the molecule is CC(C)(C)OC(=O)N1CCC(N(C(=O)c2coc(-c3ccc(S(C)(=O)=O)cc3F)n2)C2CC2)CC1. The van der Waals surface area contributed by atoms with Gasteiger partial charge in [-0.05, 0) is 64.7 Å². The number of carbonyl (C=O) groups excluding carboxylic acids is 2. The minimum absolute atomic E-state index is 0.0277. The second-order valence-electron chi connectivity index (χ2n) is 10.1. The number of oxazole rings is 1. The molecule has 4 rings (SSSR count). The zero-order valence-electron chi connectivity index (χ0n) is 20.3. The minimum atomic E-state index is -3.56. The van der Waals surface area contributed by atoms with Crippen LogP contribution in [0.2, 0.25) is 0 Å².